The molecule has 8 heteroatoms. The number of carbonyl (C=O) groups excluding carboxylic acids is 1. The van der Waals surface area contributed by atoms with Crippen molar-refractivity contribution < 1.29 is 14.3 Å². The number of imidazole rings is 1. The van der Waals surface area contributed by atoms with Crippen molar-refractivity contribution >= 4 is 17.4 Å². The predicted molar refractivity (Wildman–Crippen MR) is 96.2 cm³/mol. The number of methoxy groups -OCH3 is 1. The Morgan fingerprint density at radius 3 is 3.12 bits per heavy atom. The first-order valence-electron chi connectivity index (χ1n) is 8.42. The second-order valence-electron chi connectivity index (χ2n) is 5.68. The largest absolute Gasteiger partial charge is 0.495 e. The number of hydrogen-bond donors (Lipinski definition) is 1. The van der Waals surface area contributed by atoms with Crippen LogP contribution < -0.4 is 10.1 Å². The molecule has 26 heavy (non-hydrogen) atoms. The van der Waals surface area contributed by atoms with Crippen LogP contribution in [0.5, 0.6) is 5.75 Å². The number of carbonyl (C=O) groups is 1. The fourth-order valence-corrected chi connectivity index (χ4v) is 2.41. The highest BCUT2D eigenvalue weighted by atomic mass is 16.5. The highest BCUT2D eigenvalue weighted by Crippen LogP contribution is 2.12. The normalized spacial score (nSPS) is 10.7. The lowest BCUT2D eigenvalue weighted by Crippen LogP contribution is -2.11. The van der Waals surface area contributed by atoms with Gasteiger partial charge in [-0.1, -0.05) is 0 Å². The summed E-state index contributed by atoms with van der Waals surface area (Å²) >= 11 is 0. The zero-order chi connectivity index (χ0) is 18.2. The molecule has 0 aromatic carbocycles. The molecule has 0 bridgehead atoms. The summed E-state index contributed by atoms with van der Waals surface area (Å²) in [4.78, 5) is 20.0. The molecule has 8 nitrogen and oxygen atoms in total. The van der Waals surface area contributed by atoms with Gasteiger partial charge in [-0.3, -0.25) is 9.78 Å². The molecule has 0 fully saturated rings. The molecule has 0 radical (unpaired) electrons. The lowest BCUT2D eigenvalue weighted by atomic mass is 10.1. The number of hydrogen-bond acceptors (Lipinski definition) is 7. The Morgan fingerprint density at radius 2 is 2.23 bits per heavy atom. The van der Waals surface area contributed by atoms with Gasteiger partial charge in [-0.15, -0.1) is 5.10 Å². The number of pyridine rings is 1. The Kier molecular flexibility index (Phi) is 5.97. The summed E-state index contributed by atoms with van der Waals surface area (Å²) in [6, 6.07) is 5.63. The summed E-state index contributed by atoms with van der Waals surface area (Å²) in [5.41, 5.74) is 1.75. The predicted octanol–water partition coefficient (Wildman–Crippen LogP) is 2.11. The van der Waals surface area contributed by atoms with E-state index in [9.17, 15) is 4.79 Å². The molecule has 136 valence electrons. The van der Waals surface area contributed by atoms with Crippen LogP contribution in [-0.2, 0) is 16.0 Å². The van der Waals surface area contributed by atoms with Crippen LogP contribution in [0.4, 0.5) is 5.82 Å². The molecule has 0 atom stereocenters. The van der Waals surface area contributed by atoms with Crippen LogP contribution in [-0.4, -0.2) is 45.8 Å². The highest BCUT2D eigenvalue weighted by Gasteiger charge is 2.05. The number of aryl methyl sites for hydroxylation is 1. The summed E-state index contributed by atoms with van der Waals surface area (Å²) < 4.78 is 12.1. The Labute approximate surface area is 151 Å². The van der Waals surface area contributed by atoms with E-state index in [2.05, 4.69) is 20.4 Å². The number of esters is 1. The van der Waals surface area contributed by atoms with Crippen LogP contribution in [0.3, 0.4) is 0 Å². The third kappa shape index (κ3) is 4.92. The van der Waals surface area contributed by atoms with E-state index in [-0.39, 0.29) is 5.97 Å². The molecule has 0 unspecified atom stereocenters. The van der Waals surface area contributed by atoms with E-state index in [4.69, 9.17) is 9.47 Å². The maximum absolute atomic E-state index is 11.8. The SMILES string of the molecule is COc1cncc(CCC(=O)OCCCNc2ccc3nccn3n2)c1. The summed E-state index contributed by atoms with van der Waals surface area (Å²) in [7, 11) is 1.59. The van der Waals surface area contributed by atoms with Gasteiger partial charge in [-0.05, 0) is 36.6 Å². The van der Waals surface area contributed by atoms with Gasteiger partial charge < -0.3 is 14.8 Å². The molecule has 1 N–H and O–H groups in total. The van der Waals surface area contributed by atoms with Crippen LogP contribution in [0, 0.1) is 0 Å². The van der Waals surface area contributed by atoms with Crippen LogP contribution in [0.1, 0.15) is 18.4 Å². The average molecular weight is 355 g/mol. The standard InChI is InChI=1S/C18H21N5O3/c1-25-15-11-14(12-19-13-15)3-6-18(24)26-10-2-7-20-16-4-5-17-21-8-9-23(17)22-16/h4-5,8-9,11-13H,2-3,6-7,10H2,1H3,(H,20,22). The molecule has 3 aromatic heterocycles. The lowest BCUT2D eigenvalue weighted by Gasteiger charge is -2.07. The summed E-state index contributed by atoms with van der Waals surface area (Å²) in [5.74, 6) is 1.22. The van der Waals surface area contributed by atoms with Gasteiger partial charge in [0, 0.05) is 31.6 Å². The van der Waals surface area contributed by atoms with Gasteiger partial charge in [0.25, 0.3) is 0 Å². The van der Waals surface area contributed by atoms with Crippen LogP contribution in [0.2, 0.25) is 0 Å². The molecule has 3 rings (SSSR count). The number of nitrogens with one attached hydrogen (secondary N) is 1. The Bertz CT molecular complexity index is 865. The minimum atomic E-state index is -0.217. The van der Waals surface area contributed by atoms with E-state index in [1.165, 1.54) is 0 Å². The number of aromatic nitrogens is 4. The summed E-state index contributed by atoms with van der Waals surface area (Å²) in [5, 5.41) is 7.56. The monoisotopic (exact) mass is 355 g/mol. The second-order valence-corrected chi connectivity index (χ2v) is 5.68. The van der Waals surface area contributed by atoms with Gasteiger partial charge in [0.05, 0.1) is 19.9 Å². The zero-order valence-corrected chi connectivity index (χ0v) is 14.6. The number of anilines is 1. The van der Waals surface area contributed by atoms with Gasteiger partial charge in [0.15, 0.2) is 5.65 Å². The molecule has 3 heterocycles. The molecule has 0 spiro atoms. The van der Waals surface area contributed by atoms with Crippen molar-refractivity contribution in [2.75, 3.05) is 25.6 Å². The van der Waals surface area contributed by atoms with Gasteiger partial charge in [0.1, 0.15) is 11.6 Å². The topological polar surface area (TPSA) is 90.6 Å². The van der Waals surface area contributed by atoms with Crippen molar-refractivity contribution in [1.82, 2.24) is 19.6 Å². The first kappa shape index (κ1) is 17.7. The first-order chi connectivity index (χ1) is 12.7. The fraction of sp³-hybridized carbons (Fsp3) is 0.333. The third-order valence-corrected chi connectivity index (χ3v) is 3.77. The van der Waals surface area contributed by atoms with E-state index >= 15 is 0 Å². The van der Waals surface area contributed by atoms with Crippen molar-refractivity contribution in [3.05, 3.63) is 48.5 Å². The third-order valence-electron chi connectivity index (χ3n) is 3.77. The van der Waals surface area contributed by atoms with E-state index < -0.39 is 0 Å². The number of nitrogens with zero attached hydrogens (tertiary/aromatic N) is 4. The molecule has 0 aliphatic carbocycles. The van der Waals surface area contributed by atoms with Gasteiger partial charge >= 0.3 is 5.97 Å². The quantitative estimate of drug-likeness (QED) is 0.464. The maximum Gasteiger partial charge on any atom is 0.306 e. The molecular weight excluding hydrogens is 334 g/mol. The molecule has 3 aromatic rings. The molecular formula is C18H21N5O3. The fourth-order valence-electron chi connectivity index (χ4n) is 2.41. The minimum Gasteiger partial charge on any atom is -0.495 e. The van der Waals surface area contributed by atoms with Crippen LogP contribution in [0.15, 0.2) is 43.0 Å². The lowest BCUT2D eigenvalue weighted by molar-refractivity contribution is -0.143. The van der Waals surface area contributed by atoms with Gasteiger partial charge in [-0.2, -0.15) is 0 Å². The first-order valence-corrected chi connectivity index (χ1v) is 8.42. The Balaban J connectivity index is 1.32. The minimum absolute atomic E-state index is 0.217. The summed E-state index contributed by atoms with van der Waals surface area (Å²) in [6.07, 6.45) is 8.46. The average Bonchev–Trinajstić information content (AvgIpc) is 3.14. The van der Waals surface area contributed by atoms with Crippen LogP contribution in [0.25, 0.3) is 5.65 Å². The van der Waals surface area contributed by atoms with Crippen molar-refractivity contribution in [3.63, 3.8) is 0 Å². The van der Waals surface area contributed by atoms with E-state index in [0.717, 1.165) is 17.0 Å². The van der Waals surface area contributed by atoms with E-state index in [0.29, 0.717) is 38.2 Å². The molecule has 0 aliphatic heterocycles. The molecule has 0 saturated carbocycles. The number of fused-ring (bicyclic) bond motifs is 1. The van der Waals surface area contributed by atoms with Crippen molar-refractivity contribution in [3.8, 4) is 5.75 Å². The molecule has 0 saturated heterocycles. The van der Waals surface area contributed by atoms with Crippen molar-refractivity contribution in [2.45, 2.75) is 19.3 Å². The number of ether oxygens (including phenoxy) is 2. The molecule has 0 aliphatic rings. The second kappa shape index (κ2) is 8.80. The maximum atomic E-state index is 11.8. The van der Waals surface area contributed by atoms with E-state index in [1.807, 2.05) is 18.2 Å². The van der Waals surface area contributed by atoms with E-state index in [1.54, 1.807) is 36.4 Å². The molecule has 0 amide bonds. The van der Waals surface area contributed by atoms with Gasteiger partial charge in [0.2, 0.25) is 0 Å². The van der Waals surface area contributed by atoms with Crippen molar-refractivity contribution in [2.24, 2.45) is 0 Å². The zero-order valence-electron chi connectivity index (χ0n) is 14.6. The smallest absolute Gasteiger partial charge is 0.306 e. The Morgan fingerprint density at radius 1 is 1.31 bits per heavy atom. The summed E-state index contributed by atoms with van der Waals surface area (Å²) in [6.45, 7) is 1.04. The van der Waals surface area contributed by atoms with Crippen LogP contribution >= 0.6 is 0 Å². The van der Waals surface area contributed by atoms with Gasteiger partial charge in [-0.25, -0.2) is 9.50 Å². The Hall–Kier alpha value is -3.16. The van der Waals surface area contributed by atoms with Crippen molar-refractivity contribution in [1.29, 1.82) is 0 Å². The number of rotatable bonds is 9. The highest BCUT2D eigenvalue weighted by molar-refractivity contribution is 5.69.